The standard InChI is InChI=1S/C24H26FN5O3S/c1-15(2)14-27-23(31)28-18-7-3-16(4-8-18)22-29-20(13-21(26)30-22)24(11-12-24)34(32,33)19-9-5-17(25)6-10-19/h3-10,13,15H,11-12,14H2,1-2H3,(H2,26,29,30)(H2,27,28,31). The van der Waals surface area contributed by atoms with E-state index in [1.165, 1.54) is 18.2 Å². The Morgan fingerprint density at radius 2 is 1.74 bits per heavy atom. The number of nitrogen functional groups attached to an aromatic ring is 1. The lowest BCUT2D eigenvalue weighted by molar-refractivity contribution is 0.251. The number of hydrogen-bond donors (Lipinski definition) is 3. The lowest BCUT2D eigenvalue weighted by Gasteiger charge is -2.17. The molecule has 0 spiro atoms. The van der Waals surface area contributed by atoms with Crippen LogP contribution in [0.5, 0.6) is 0 Å². The third-order valence-electron chi connectivity index (χ3n) is 5.63. The van der Waals surface area contributed by atoms with Crippen LogP contribution in [0.4, 0.5) is 20.7 Å². The Morgan fingerprint density at radius 3 is 2.32 bits per heavy atom. The van der Waals surface area contributed by atoms with E-state index in [9.17, 15) is 17.6 Å². The van der Waals surface area contributed by atoms with E-state index < -0.39 is 20.4 Å². The van der Waals surface area contributed by atoms with Crippen LogP contribution < -0.4 is 16.4 Å². The predicted octanol–water partition coefficient (Wildman–Crippen LogP) is 4.11. The maximum absolute atomic E-state index is 13.4. The highest BCUT2D eigenvalue weighted by molar-refractivity contribution is 7.92. The fourth-order valence-corrected chi connectivity index (χ4v) is 5.58. The minimum absolute atomic E-state index is 0.0382. The third-order valence-corrected chi connectivity index (χ3v) is 8.17. The number of anilines is 2. The van der Waals surface area contributed by atoms with E-state index in [4.69, 9.17) is 5.73 Å². The van der Waals surface area contributed by atoms with Crippen LogP contribution in [-0.4, -0.2) is 31.0 Å². The fourth-order valence-electron chi connectivity index (χ4n) is 3.62. The van der Waals surface area contributed by atoms with Gasteiger partial charge in [-0.25, -0.2) is 27.6 Å². The molecule has 4 rings (SSSR count). The first-order valence-corrected chi connectivity index (χ1v) is 12.4. The first-order chi connectivity index (χ1) is 16.1. The highest BCUT2D eigenvalue weighted by Crippen LogP contribution is 2.54. The first-order valence-electron chi connectivity index (χ1n) is 10.9. The van der Waals surface area contributed by atoms with Crippen LogP contribution in [0, 0.1) is 11.7 Å². The summed E-state index contributed by atoms with van der Waals surface area (Å²) in [5, 5.41) is 5.53. The number of rotatable bonds is 7. The molecular formula is C24H26FN5O3S. The fraction of sp³-hybridized carbons (Fsp3) is 0.292. The maximum atomic E-state index is 13.4. The van der Waals surface area contributed by atoms with Crippen molar-refractivity contribution < 1.29 is 17.6 Å². The average molecular weight is 484 g/mol. The number of amides is 2. The molecule has 34 heavy (non-hydrogen) atoms. The molecule has 178 valence electrons. The van der Waals surface area contributed by atoms with Gasteiger partial charge in [-0.3, -0.25) is 0 Å². The van der Waals surface area contributed by atoms with Gasteiger partial charge in [0.15, 0.2) is 15.7 Å². The van der Waals surface area contributed by atoms with Gasteiger partial charge in [-0.15, -0.1) is 0 Å². The van der Waals surface area contributed by atoms with Crippen molar-refractivity contribution in [2.45, 2.75) is 36.3 Å². The van der Waals surface area contributed by atoms with Gasteiger partial charge in [-0.1, -0.05) is 13.8 Å². The summed E-state index contributed by atoms with van der Waals surface area (Å²) in [6, 6.07) is 12.8. The second kappa shape index (κ2) is 9.02. The monoisotopic (exact) mass is 483 g/mol. The lowest BCUT2D eigenvalue weighted by atomic mass is 10.1. The van der Waals surface area contributed by atoms with Crippen LogP contribution in [0.2, 0.25) is 0 Å². The molecule has 1 aromatic heterocycles. The van der Waals surface area contributed by atoms with Crippen molar-refractivity contribution in [2.24, 2.45) is 5.92 Å². The summed E-state index contributed by atoms with van der Waals surface area (Å²) in [6.45, 7) is 4.57. The van der Waals surface area contributed by atoms with Gasteiger partial charge in [0.2, 0.25) is 0 Å². The lowest BCUT2D eigenvalue weighted by Crippen LogP contribution is -2.31. The zero-order valence-corrected chi connectivity index (χ0v) is 19.7. The Labute approximate surface area is 197 Å². The van der Waals surface area contributed by atoms with Crippen molar-refractivity contribution in [3.05, 3.63) is 66.1 Å². The molecule has 1 saturated carbocycles. The van der Waals surface area contributed by atoms with E-state index in [0.29, 0.717) is 42.2 Å². The topological polar surface area (TPSA) is 127 Å². The second-order valence-corrected chi connectivity index (χ2v) is 11.0. The van der Waals surface area contributed by atoms with Crippen molar-refractivity contribution in [1.82, 2.24) is 15.3 Å². The highest BCUT2D eigenvalue weighted by atomic mass is 32.2. The Bertz CT molecular complexity index is 1310. The van der Waals surface area contributed by atoms with Gasteiger partial charge in [-0.2, -0.15) is 0 Å². The number of halogens is 1. The number of carbonyl (C=O) groups excluding carboxylic acids is 1. The normalized spacial score (nSPS) is 14.6. The quantitative estimate of drug-likeness (QED) is 0.434. The first kappa shape index (κ1) is 23.6. The minimum atomic E-state index is -3.81. The summed E-state index contributed by atoms with van der Waals surface area (Å²) in [7, 11) is -3.81. The largest absolute Gasteiger partial charge is 0.384 e. The molecule has 2 amide bonds. The van der Waals surface area contributed by atoms with E-state index in [0.717, 1.165) is 12.1 Å². The van der Waals surface area contributed by atoms with Crippen molar-refractivity contribution in [2.75, 3.05) is 17.6 Å². The van der Waals surface area contributed by atoms with Crippen LogP contribution in [-0.2, 0) is 14.6 Å². The van der Waals surface area contributed by atoms with E-state index in [1.807, 2.05) is 13.8 Å². The maximum Gasteiger partial charge on any atom is 0.319 e. The number of aromatic nitrogens is 2. The molecule has 0 bridgehead atoms. The Morgan fingerprint density at radius 1 is 1.09 bits per heavy atom. The highest BCUT2D eigenvalue weighted by Gasteiger charge is 2.57. The Hall–Kier alpha value is -3.53. The minimum Gasteiger partial charge on any atom is -0.384 e. The zero-order chi connectivity index (χ0) is 24.5. The van der Waals surface area contributed by atoms with E-state index in [1.54, 1.807) is 24.3 Å². The molecule has 1 fully saturated rings. The molecule has 0 saturated heterocycles. The number of hydrogen-bond acceptors (Lipinski definition) is 6. The average Bonchev–Trinajstić information content (AvgIpc) is 3.61. The van der Waals surface area contributed by atoms with Gasteiger partial charge < -0.3 is 16.4 Å². The molecule has 0 radical (unpaired) electrons. The summed E-state index contributed by atoms with van der Waals surface area (Å²) in [6.07, 6.45) is 0.772. The molecule has 1 heterocycles. The van der Waals surface area contributed by atoms with Crippen LogP contribution in [0.1, 0.15) is 32.4 Å². The van der Waals surface area contributed by atoms with Crippen molar-refractivity contribution >= 4 is 27.4 Å². The van der Waals surface area contributed by atoms with Gasteiger partial charge in [0.25, 0.3) is 0 Å². The molecule has 2 aromatic carbocycles. The molecule has 0 atom stereocenters. The molecule has 1 aliphatic rings. The van der Waals surface area contributed by atoms with E-state index >= 15 is 0 Å². The van der Waals surface area contributed by atoms with Gasteiger partial charge in [0.05, 0.1) is 10.6 Å². The number of benzene rings is 2. The zero-order valence-electron chi connectivity index (χ0n) is 18.9. The predicted molar refractivity (Wildman–Crippen MR) is 128 cm³/mol. The Balaban J connectivity index is 1.59. The number of nitrogens with zero attached hydrogens (tertiary/aromatic N) is 2. The summed E-state index contributed by atoms with van der Waals surface area (Å²) in [5.41, 5.74) is 7.54. The molecule has 0 unspecified atom stereocenters. The van der Waals surface area contributed by atoms with E-state index in [-0.39, 0.29) is 22.6 Å². The summed E-state index contributed by atoms with van der Waals surface area (Å²) in [5.74, 6) is 0.264. The van der Waals surface area contributed by atoms with Gasteiger partial charge in [0, 0.05) is 23.9 Å². The van der Waals surface area contributed by atoms with Gasteiger partial charge in [-0.05, 0) is 67.3 Å². The molecule has 8 nitrogen and oxygen atoms in total. The van der Waals surface area contributed by atoms with Gasteiger partial charge in [0.1, 0.15) is 16.4 Å². The van der Waals surface area contributed by atoms with Crippen LogP contribution in [0.3, 0.4) is 0 Å². The second-order valence-electron chi connectivity index (χ2n) is 8.76. The van der Waals surface area contributed by atoms with Crippen molar-refractivity contribution in [1.29, 1.82) is 0 Å². The Kier molecular flexibility index (Phi) is 6.26. The molecule has 1 aliphatic carbocycles. The summed E-state index contributed by atoms with van der Waals surface area (Å²) >= 11 is 0. The van der Waals surface area contributed by atoms with Crippen LogP contribution in [0.25, 0.3) is 11.4 Å². The molecule has 0 aliphatic heterocycles. The molecular weight excluding hydrogens is 457 g/mol. The van der Waals surface area contributed by atoms with Crippen molar-refractivity contribution in [3.8, 4) is 11.4 Å². The molecule has 4 N–H and O–H groups in total. The molecule has 3 aromatic rings. The summed E-state index contributed by atoms with van der Waals surface area (Å²) < 4.78 is 38.8. The number of sulfone groups is 1. The third kappa shape index (κ3) is 4.72. The molecule has 10 heteroatoms. The van der Waals surface area contributed by atoms with Crippen LogP contribution >= 0.6 is 0 Å². The summed E-state index contributed by atoms with van der Waals surface area (Å²) in [4.78, 5) is 20.8. The number of nitrogens with two attached hydrogens (primary N) is 1. The van der Waals surface area contributed by atoms with Crippen molar-refractivity contribution in [3.63, 3.8) is 0 Å². The number of urea groups is 1. The SMILES string of the molecule is CC(C)CNC(=O)Nc1ccc(-c2nc(N)cc(C3(S(=O)(=O)c4ccc(F)cc4)CC3)n2)cc1. The van der Waals surface area contributed by atoms with Crippen LogP contribution in [0.15, 0.2) is 59.5 Å². The smallest absolute Gasteiger partial charge is 0.319 e. The number of carbonyl (C=O) groups is 1. The number of nitrogens with one attached hydrogen (secondary N) is 2. The van der Waals surface area contributed by atoms with E-state index in [2.05, 4.69) is 20.6 Å². The van der Waals surface area contributed by atoms with Gasteiger partial charge >= 0.3 is 6.03 Å².